The van der Waals surface area contributed by atoms with Crippen molar-refractivity contribution in [2.24, 2.45) is 0 Å². The molecule has 1 N–H and O–H groups in total. The molecule has 2 saturated heterocycles. The van der Waals surface area contributed by atoms with Gasteiger partial charge in [-0.2, -0.15) is 0 Å². The van der Waals surface area contributed by atoms with Crippen molar-refractivity contribution in [3.05, 3.63) is 30.6 Å². The van der Waals surface area contributed by atoms with Gasteiger partial charge in [0.05, 0.1) is 25.8 Å². The Bertz CT molecular complexity index is 1040. The number of halogens is 2. The van der Waals surface area contributed by atoms with Gasteiger partial charge in [0.1, 0.15) is 17.3 Å². The van der Waals surface area contributed by atoms with Crippen LogP contribution in [0.5, 0.6) is 0 Å². The summed E-state index contributed by atoms with van der Waals surface area (Å²) < 4.78 is 33.3. The van der Waals surface area contributed by atoms with Crippen LogP contribution in [0.25, 0.3) is 22.4 Å². The standard InChI is InChI=1S/C20H22F2N6O/c1-13-11-29-9-8-28(13)17-10-16(27-7-4-20(21,22)12-27)25-19(26-17)15-3-6-24-18-14(15)2-5-23-18/h2-3,5-6,10,13H,4,7-9,11-12H2,1H3,(H,23,24)/t13-/m1/s1. The molecule has 2 aliphatic rings. The van der Waals surface area contributed by atoms with E-state index in [0.717, 1.165) is 22.4 Å². The van der Waals surface area contributed by atoms with Crippen molar-refractivity contribution in [2.75, 3.05) is 42.6 Å². The number of pyridine rings is 1. The van der Waals surface area contributed by atoms with Crippen LogP contribution in [0.4, 0.5) is 20.4 Å². The van der Waals surface area contributed by atoms with Gasteiger partial charge in [0.15, 0.2) is 5.82 Å². The van der Waals surface area contributed by atoms with Crippen molar-refractivity contribution in [3.63, 3.8) is 0 Å². The summed E-state index contributed by atoms with van der Waals surface area (Å²) in [5.41, 5.74) is 1.57. The summed E-state index contributed by atoms with van der Waals surface area (Å²) in [6.07, 6.45) is 3.36. The molecule has 0 bridgehead atoms. The third-order valence-electron chi connectivity index (χ3n) is 5.56. The van der Waals surface area contributed by atoms with Gasteiger partial charge in [-0.25, -0.2) is 23.7 Å². The van der Waals surface area contributed by atoms with Crippen molar-refractivity contribution in [1.82, 2.24) is 19.9 Å². The number of nitrogens with one attached hydrogen (secondary N) is 1. The molecule has 0 unspecified atom stereocenters. The zero-order chi connectivity index (χ0) is 20.0. The number of alkyl halides is 2. The minimum Gasteiger partial charge on any atom is -0.377 e. The fourth-order valence-electron chi connectivity index (χ4n) is 4.01. The molecular weight excluding hydrogens is 378 g/mol. The lowest BCUT2D eigenvalue weighted by molar-refractivity contribution is 0.0256. The van der Waals surface area contributed by atoms with Gasteiger partial charge in [0.2, 0.25) is 0 Å². The van der Waals surface area contributed by atoms with E-state index in [1.807, 2.05) is 24.4 Å². The maximum atomic E-state index is 13.9. The van der Waals surface area contributed by atoms with Gasteiger partial charge in [-0.15, -0.1) is 0 Å². The second-order valence-electron chi connectivity index (χ2n) is 7.65. The Balaban J connectivity index is 1.63. The quantitative estimate of drug-likeness (QED) is 0.729. The first-order chi connectivity index (χ1) is 14.0. The van der Waals surface area contributed by atoms with Crippen molar-refractivity contribution < 1.29 is 13.5 Å². The smallest absolute Gasteiger partial charge is 0.266 e. The second-order valence-corrected chi connectivity index (χ2v) is 7.65. The van der Waals surface area contributed by atoms with E-state index >= 15 is 0 Å². The number of ether oxygens (including phenoxy) is 1. The number of aromatic nitrogens is 4. The summed E-state index contributed by atoms with van der Waals surface area (Å²) in [4.78, 5) is 20.7. The van der Waals surface area contributed by atoms with Crippen molar-refractivity contribution in [2.45, 2.75) is 25.3 Å². The zero-order valence-corrected chi connectivity index (χ0v) is 16.1. The summed E-state index contributed by atoms with van der Waals surface area (Å²) in [6.45, 7) is 3.94. The van der Waals surface area contributed by atoms with E-state index in [0.29, 0.717) is 31.4 Å². The van der Waals surface area contributed by atoms with E-state index in [-0.39, 0.29) is 25.6 Å². The highest BCUT2D eigenvalue weighted by molar-refractivity contribution is 5.91. The van der Waals surface area contributed by atoms with Crippen molar-refractivity contribution in [3.8, 4) is 11.4 Å². The molecule has 0 saturated carbocycles. The van der Waals surface area contributed by atoms with Gasteiger partial charge in [-0.05, 0) is 19.1 Å². The summed E-state index contributed by atoms with van der Waals surface area (Å²) in [7, 11) is 0. The Hall–Kier alpha value is -2.81. The largest absolute Gasteiger partial charge is 0.377 e. The third-order valence-corrected chi connectivity index (χ3v) is 5.56. The summed E-state index contributed by atoms with van der Waals surface area (Å²) in [6, 6.07) is 5.75. The molecule has 0 spiro atoms. The first kappa shape index (κ1) is 18.2. The number of hydrogen-bond donors (Lipinski definition) is 1. The summed E-state index contributed by atoms with van der Waals surface area (Å²) in [5, 5.41) is 0.900. The van der Waals surface area contributed by atoms with Gasteiger partial charge < -0.3 is 19.5 Å². The molecular formula is C20H22F2N6O. The average Bonchev–Trinajstić information content (AvgIpc) is 3.34. The maximum Gasteiger partial charge on any atom is 0.266 e. The van der Waals surface area contributed by atoms with E-state index in [2.05, 4.69) is 26.8 Å². The third kappa shape index (κ3) is 3.39. The lowest BCUT2D eigenvalue weighted by Gasteiger charge is -2.35. The molecule has 3 aromatic heterocycles. The topological polar surface area (TPSA) is 70.2 Å². The minimum absolute atomic E-state index is 0.143. The van der Waals surface area contributed by atoms with E-state index in [4.69, 9.17) is 9.72 Å². The molecule has 2 aliphatic heterocycles. The highest BCUT2D eigenvalue weighted by atomic mass is 19.3. The Morgan fingerprint density at radius 2 is 2.07 bits per heavy atom. The number of fused-ring (bicyclic) bond motifs is 1. The van der Waals surface area contributed by atoms with Gasteiger partial charge in [-0.1, -0.05) is 0 Å². The Morgan fingerprint density at radius 1 is 1.21 bits per heavy atom. The number of H-pyrrole nitrogens is 1. The van der Waals surface area contributed by atoms with Crippen LogP contribution in [0.2, 0.25) is 0 Å². The molecule has 9 heteroatoms. The zero-order valence-electron chi connectivity index (χ0n) is 16.1. The van der Waals surface area contributed by atoms with Gasteiger partial charge >= 0.3 is 0 Å². The predicted molar refractivity (Wildman–Crippen MR) is 107 cm³/mol. The molecule has 1 atom stereocenters. The second kappa shape index (κ2) is 6.91. The van der Waals surface area contributed by atoms with Gasteiger partial charge in [0, 0.05) is 48.9 Å². The van der Waals surface area contributed by atoms with Gasteiger partial charge in [0.25, 0.3) is 5.92 Å². The molecule has 5 heterocycles. The molecule has 0 amide bonds. The molecule has 3 aromatic rings. The van der Waals surface area contributed by atoms with Crippen LogP contribution in [0, 0.1) is 0 Å². The van der Waals surface area contributed by atoms with Crippen LogP contribution >= 0.6 is 0 Å². The Labute approximate surface area is 166 Å². The number of aromatic amines is 1. The van der Waals surface area contributed by atoms with E-state index in [9.17, 15) is 8.78 Å². The molecule has 152 valence electrons. The number of hydrogen-bond acceptors (Lipinski definition) is 6. The molecule has 0 aromatic carbocycles. The fourth-order valence-corrected chi connectivity index (χ4v) is 4.01. The normalized spacial score (nSPS) is 21.8. The lowest BCUT2D eigenvalue weighted by atomic mass is 10.1. The van der Waals surface area contributed by atoms with Crippen LogP contribution in [0.3, 0.4) is 0 Å². The molecule has 0 radical (unpaired) electrons. The highest BCUT2D eigenvalue weighted by Gasteiger charge is 2.39. The minimum atomic E-state index is -2.69. The first-order valence-electron chi connectivity index (χ1n) is 9.79. The van der Waals surface area contributed by atoms with E-state index in [1.165, 1.54) is 0 Å². The first-order valence-corrected chi connectivity index (χ1v) is 9.79. The molecule has 5 rings (SSSR count). The van der Waals surface area contributed by atoms with Crippen LogP contribution < -0.4 is 9.80 Å². The number of morpholine rings is 1. The highest BCUT2D eigenvalue weighted by Crippen LogP contribution is 2.34. The molecule has 29 heavy (non-hydrogen) atoms. The van der Waals surface area contributed by atoms with Crippen molar-refractivity contribution >= 4 is 22.7 Å². The number of rotatable bonds is 3. The molecule has 7 nitrogen and oxygen atoms in total. The lowest BCUT2D eigenvalue weighted by Crippen LogP contribution is -2.44. The summed E-state index contributed by atoms with van der Waals surface area (Å²) in [5.74, 6) is -0.918. The van der Waals surface area contributed by atoms with Crippen molar-refractivity contribution in [1.29, 1.82) is 0 Å². The Morgan fingerprint density at radius 3 is 2.86 bits per heavy atom. The average molecular weight is 400 g/mol. The van der Waals surface area contributed by atoms with Gasteiger partial charge in [-0.3, -0.25) is 0 Å². The molecule has 2 fully saturated rings. The SMILES string of the molecule is C[C@@H]1COCCN1c1cc(N2CCC(F)(F)C2)nc(-c2ccnc3[nH]ccc23)n1. The predicted octanol–water partition coefficient (Wildman–Crippen LogP) is 3.09. The fraction of sp³-hybridized carbons (Fsp3) is 0.450. The van der Waals surface area contributed by atoms with Crippen LogP contribution in [-0.4, -0.2) is 64.7 Å². The van der Waals surface area contributed by atoms with Crippen LogP contribution in [-0.2, 0) is 4.74 Å². The van der Waals surface area contributed by atoms with Crippen LogP contribution in [0.1, 0.15) is 13.3 Å². The molecule has 0 aliphatic carbocycles. The summed E-state index contributed by atoms with van der Waals surface area (Å²) >= 11 is 0. The van der Waals surface area contributed by atoms with E-state index < -0.39 is 5.92 Å². The van der Waals surface area contributed by atoms with Crippen LogP contribution in [0.15, 0.2) is 30.6 Å². The van der Waals surface area contributed by atoms with E-state index in [1.54, 1.807) is 11.1 Å². The Kier molecular flexibility index (Phi) is 4.34. The maximum absolute atomic E-state index is 13.9. The number of anilines is 2. The monoisotopic (exact) mass is 400 g/mol. The number of nitrogens with zero attached hydrogens (tertiary/aromatic N) is 5.